The van der Waals surface area contributed by atoms with E-state index in [1.54, 1.807) is 0 Å². The molecule has 0 spiro atoms. The molecule has 7 nitrogen and oxygen atoms in total. The van der Waals surface area contributed by atoms with Crippen molar-refractivity contribution in [2.75, 3.05) is 20.1 Å². The summed E-state index contributed by atoms with van der Waals surface area (Å²) in [5.74, 6) is 0.871. The highest BCUT2D eigenvalue weighted by Crippen LogP contribution is 2.39. The first-order chi connectivity index (χ1) is 12.1. The molecule has 4 rings (SSSR count). The SMILES string of the molecule is CN1CCC[C@@H](CNC(=O)c2cc(C3CC3)[nH]n2)[C@@H]1c1cncn1C. The summed E-state index contributed by atoms with van der Waals surface area (Å²) in [6.45, 7) is 1.73. The van der Waals surface area contributed by atoms with Crippen LogP contribution < -0.4 is 5.32 Å². The fraction of sp³-hybridized carbons (Fsp3) is 0.611. The van der Waals surface area contributed by atoms with Gasteiger partial charge >= 0.3 is 0 Å². The number of aryl methyl sites for hydroxylation is 1. The van der Waals surface area contributed by atoms with Crippen LogP contribution in [0, 0.1) is 5.92 Å². The predicted octanol–water partition coefficient (Wildman–Crippen LogP) is 1.83. The molecule has 3 heterocycles. The summed E-state index contributed by atoms with van der Waals surface area (Å²) in [4.78, 5) is 19.1. The summed E-state index contributed by atoms with van der Waals surface area (Å²) in [7, 11) is 4.19. The Morgan fingerprint density at radius 1 is 1.36 bits per heavy atom. The number of hydrogen-bond donors (Lipinski definition) is 2. The van der Waals surface area contributed by atoms with Crippen molar-refractivity contribution in [2.24, 2.45) is 13.0 Å². The zero-order valence-electron chi connectivity index (χ0n) is 14.9. The number of amides is 1. The van der Waals surface area contributed by atoms with Crippen LogP contribution in [0.25, 0.3) is 0 Å². The lowest BCUT2D eigenvalue weighted by Crippen LogP contribution is -2.42. The molecule has 1 aliphatic heterocycles. The summed E-state index contributed by atoms with van der Waals surface area (Å²) >= 11 is 0. The number of H-pyrrole nitrogens is 1. The predicted molar refractivity (Wildman–Crippen MR) is 94.2 cm³/mol. The van der Waals surface area contributed by atoms with Crippen molar-refractivity contribution in [3.8, 4) is 0 Å². The van der Waals surface area contributed by atoms with Crippen LogP contribution in [0.2, 0.25) is 0 Å². The van der Waals surface area contributed by atoms with E-state index in [1.165, 1.54) is 18.5 Å². The van der Waals surface area contributed by atoms with Crippen molar-refractivity contribution in [1.82, 2.24) is 30.0 Å². The highest BCUT2D eigenvalue weighted by molar-refractivity contribution is 5.92. The molecule has 0 radical (unpaired) electrons. The number of carbonyl (C=O) groups is 1. The first-order valence-corrected chi connectivity index (χ1v) is 9.13. The summed E-state index contributed by atoms with van der Waals surface area (Å²) in [6.07, 6.45) is 8.44. The molecule has 1 amide bonds. The summed E-state index contributed by atoms with van der Waals surface area (Å²) in [6, 6.07) is 2.18. The number of nitrogens with zero attached hydrogens (tertiary/aromatic N) is 4. The zero-order valence-corrected chi connectivity index (χ0v) is 14.9. The summed E-state index contributed by atoms with van der Waals surface area (Å²) in [5.41, 5.74) is 2.80. The number of hydrogen-bond acceptors (Lipinski definition) is 4. The van der Waals surface area contributed by atoms with Gasteiger partial charge in [-0.05, 0) is 51.3 Å². The highest BCUT2D eigenvalue weighted by Gasteiger charge is 2.33. The minimum atomic E-state index is -0.0832. The van der Waals surface area contributed by atoms with Gasteiger partial charge in [0.1, 0.15) is 5.69 Å². The normalized spacial score (nSPS) is 24.4. The number of piperidine rings is 1. The quantitative estimate of drug-likeness (QED) is 0.869. The third-order valence-electron chi connectivity index (χ3n) is 5.54. The third kappa shape index (κ3) is 3.33. The lowest BCUT2D eigenvalue weighted by atomic mass is 9.87. The van der Waals surface area contributed by atoms with Gasteiger partial charge in [0.05, 0.1) is 18.1 Å². The molecule has 25 heavy (non-hydrogen) atoms. The second kappa shape index (κ2) is 6.63. The standard InChI is InChI=1S/C18H26N6O/c1-23-7-3-4-13(17(23)16-10-19-11-24(16)2)9-20-18(25)15-8-14(21-22-15)12-5-6-12/h8,10-13,17H,3-7,9H2,1-2H3,(H,20,25)(H,21,22)/t13-,17+/m0/s1. The molecule has 2 aromatic heterocycles. The molecule has 2 fully saturated rings. The number of carbonyl (C=O) groups excluding carboxylic acids is 1. The van der Waals surface area contributed by atoms with Crippen LogP contribution in [-0.4, -0.2) is 50.7 Å². The van der Waals surface area contributed by atoms with Gasteiger partial charge in [0.25, 0.3) is 5.91 Å². The monoisotopic (exact) mass is 342 g/mol. The van der Waals surface area contributed by atoms with E-state index in [0.717, 1.165) is 25.1 Å². The van der Waals surface area contributed by atoms with Gasteiger partial charge in [-0.2, -0.15) is 5.10 Å². The molecule has 134 valence electrons. The maximum absolute atomic E-state index is 12.5. The number of rotatable bonds is 5. The van der Waals surface area contributed by atoms with Crippen molar-refractivity contribution < 1.29 is 4.79 Å². The number of aromatic nitrogens is 4. The van der Waals surface area contributed by atoms with Gasteiger partial charge in [0.2, 0.25) is 0 Å². The second-order valence-corrected chi connectivity index (χ2v) is 7.45. The second-order valence-electron chi connectivity index (χ2n) is 7.45. The molecule has 0 unspecified atom stereocenters. The Kier molecular flexibility index (Phi) is 4.33. The van der Waals surface area contributed by atoms with Crippen LogP contribution in [0.4, 0.5) is 0 Å². The van der Waals surface area contributed by atoms with E-state index in [0.29, 0.717) is 24.1 Å². The van der Waals surface area contributed by atoms with Crippen LogP contribution in [0.1, 0.15) is 59.5 Å². The Labute approximate surface area is 147 Å². The average Bonchev–Trinajstić information content (AvgIpc) is 3.18. The minimum absolute atomic E-state index is 0.0832. The maximum atomic E-state index is 12.5. The zero-order chi connectivity index (χ0) is 17.4. The van der Waals surface area contributed by atoms with E-state index in [9.17, 15) is 4.79 Å². The van der Waals surface area contributed by atoms with E-state index in [2.05, 4.69) is 37.0 Å². The Bertz CT molecular complexity index is 746. The molecule has 0 aromatic carbocycles. The van der Waals surface area contributed by atoms with Gasteiger partial charge in [-0.25, -0.2) is 4.98 Å². The topological polar surface area (TPSA) is 78.8 Å². The van der Waals surface area contributed by atoms with Gasteiger partial charge in [0.15, 0.2) is 0 Å². The van der Waals surface area contributed by atoms with E-state index >= 15 is 0 Å². The van der Waals surface area contributed by atoms with Gasteiger partial charge in [0, 0.05) is 31.4 Å². The van der Waals surface area contributed by atoms with Gasteiger partial charge in [-0.3, -0.25) is 14.8 Å². The Hall–Kier alpha value is -2.15. The van der Waals surface area contributed by atoms with E-state index in [1.807, 2.05) is 25.6 Å². The smallest absolute Gasteiger partial charge is 0.271 e. The van der Waals surface area contributed by atoms with Crippen molar-refractivity contribution in [1.29, 1.82) is 0 Å². The average molecular weight is 342 g/mol. The van der Waals surface area contributed by atoms with Crippen molar-refractivity contribution in [3.63, 3.8) is 0 Å². The summed E-state index contributed by atoms with van der Waals surface area (Å²) in [5, 5.41) is 10.3. The number of imidazole rings is 1. The molecule has 2 aliphatic rings. The number of likely N-dealkylation sites (tertiary alicyclic amines) is 1. The lowest BCUT2D eigenvalue weighted by Gasteiger charge is -2.39. The first-order valence-electron chi connectivity index (χ1n) is 9.13. The van der Waals surface area contributed by atoms with Crippen molar-refractivity contribution in [3.05, 3.63) is 35.7 Å². The highest BCUT2D eigenvalue weighted by atomic mass is 16.1. The molecule has 7 heteroatoms. The van der Waals surface area contributed by atoms with Gasteiger partial charge in [-0.15, -0.1) is 0 Å². The van der Waals surface area contributed by atoms with Crippen molar-refractivity contribution >= 4 is 5.91 Å². The van der Waals surface area contributed by atoms with Crippen LogP contribution >= 0.6 is 0 Å². The van der Waals surface area contributed by atoms with Crippen LogP contribution in [-0.2, 0) is 7.05 Å². The van der Waals surface area contributed by atoms with Crippen LogP contribution in [0.15, 0.2) is 18.6 Å². The van der Waals surface area contributed by atoms with Crippen LogP contribution in [0.5, 0.6) is 0 Å². The largest absolute Gasteiger partial charge is 0.350 e. The fourth-order valence-corrected chi connectivity index (χ4v) is 3.96. The van der Waals surface area contributed by atoms with Crippen molar-refractivity contribution in [2.45, 2.75) is 37.6 Å². The van der Waals surface area contributed by atoms with E-state index < -0.39 is 0 Å². The van der Waals surface area contributed by atoms with Gasteiger partial charge < -0.3 is 9.88 Å². The summed E-state index contributed by atoms with van der Waals surface area (Å²) < 4.78 is 2.08. The molecule has 1 aliphatic carbocycles. The Morgan fingerprint density at radius 3 is 2.92 bits per heavy atom. The Morgan fingerprint density at radius 2 is 2.20 bits per heavy atom. The molecule has 2 aromatic rings. The molecule has 1 saturated carbocycles. The minimum Gasteiger partial charge on any atom is -0.350 e. The maximum Gasteiger partial charge on any atom is 0.271 e. The lowest BCUT2D eigenvalue weighted by molar-refractivity contribution is 0.0877. The molecule has 0 bridgehead atoms. The first kappa shape index (κ1) is 16.3. The van der Waals surface area contributed by atoms with E-state index in [-0.39, 0.29) is 11.9 Å². The van der Waals surface area contributed by atoms with Crippen LogP contribution in [0.3, 0.4) is 0 Å². The number of nitrogens with one attached hydrogen (secondary N) is 2. The third-order valence-corrected chi connectivity index (χ3v) is 5.54. The molecular formula is C18H26N6O. The Balaban J connectivity index is 1.42. The van der Waals surface area contributed by atoms with Gasteiger partial charge in [-0.1, -0.05) is 0 Å². The molecule has 2 atom stereocenters. The number of aromatic amines is 1. The molecule has 1 saturated heterocycles. The van der Waals surface area contributed by atoms with E-state index in [4.69, 9.17) is 0 Å². The molecule has 2 N–H and O–H groups in total. The molecular weight excluding hydrogens is 316 g/mol. The fourth-order valence-electron chi connectivity index (χ4n) is 3.96.